The second-order valence-electron chi connectivity index (χ2n) is 5.52. The highest BCUT2D eigenvalue weighted by molar-refractivity contribution is 5.84. The minimum absolute atomic E-state index is 0.188. The SMILES string of the molecule is CCc1cc(=O)oc2cc(Oc3ncnc4c(F)cccc34)ccc12. The van der Waals surface area contributed by atoms with Crippen LogP contribution in [-0.2, 0) is 6.42 Å². The van der Waals surface area contributed by atoms with E-state index in [1.54, 1.807) is 24.3 Å². The molecule has 2 aromatic carbocycles. The number of aryl methyl sites for hydroxylation is 1. The number of benzene rings is 2. The summed E-state index contributed by atoms with van der Waals surface area (Å²) in [6.07, 6.45) is 1.97. The van der Waals surface area contributed by atoms with E-state index in [1.165, 1.54) is 18.5 Å². The largest absolute Gasteiger partial charge is 0.438 e. The lowest BCUT2D eigenvalue weighted by atomic mass is 10.1. The Morgan fingerprint density at radius 1 is 1.12 bits per heavy atom. The third-order valence-electron chi connectivity index (χ3n) is 3.98. The van der Waals surface area contributed by atoms with Gasteiger partial charge in [-0.05, 0) is 36.2 Å². The van der Waals surface area contributed by atoms with Crippen molar-refractivity contribution in [2.45, 2.75) is 13.3 Å². The maximum atomic E-state index is 13.8. The number of fused-ring (bicyclic) bond motifs is 2. The first-order chi connectivity index (χ1) is 12.2. The Morgan fingerprint density at radius 2 is 2.00 bits per heavy atom. The molecule has 0 bridgehead atoms. The molecule has 0 N–H and O–H groups in total. The fourth-order valence-corrected chi connectivity index (χ4v) is 2.79. The Morgan fingerprint density at radius 3 is 2.84 bits per heavy atom. The number of hydrogen-bond acceptors (Lipinski definition) is 5. The molecule has 0 amide bonds. The van der Waals surface area contributed by atoms with E-state index in [9.17, 15) is 9.18 Å². The second kappa shape index (κ2) is 5.98. The lowest BCUT2D eigenvalue weighted by molar-refractivity contribution is 0.466. The van der Waals surface area contributed by atoms with Gasteiger partial charge in [0.25, 0.3) is 0 Å². The topological polar surface area (TPSA) is 65.2 Å². The third-order valence-corrected chi connectivity index (χ3v) is 3.98. The van der Waals surface area contributed by atoms with Gasteiger partial charge < -0.3 is 9.15 Å². The Hall–Kier alpha value is -3.28. The Labute approximate surface area is 141 Å². The highest BCUT2D eigenvalue weighted by Gasteiger charge is 2.11. The fourth-order valence-electron chi connectivity index (χ4n) is 2.79. The molecule has 124 valence electrons. The van der Waals surface area contributed by atoms with Crippen LogP contribution in [0.15, 0.2) is 58.0 Å². The monoisotopic (exact) mass is 336 g/mol. The average molecular weight is 336 g/mol. The standard InChI is InChI=1S/C19H13FN2O3/c1-2-11-8-17(23)25-16-9-12(6-7-13(11)16)24-19-14-4-3-5-15(20)18(14)21-10-22-19/h3-10H,2H2,1H3. The smallest absolute Gasteiger partial charge is 0.336 e. The summed E-state index contributed by atoms with van der Waals surface area (Å²) in [4.78, 5) is 19.7. The molecule has 2 heterocycles. The van der Waals surface area contributed by atoms with Crippen molar-refractivity contribution in [3.8, 4) is 11.6 Å². The zero-order valence-electron chi connectivity index (χ0n) is 13.3. The van der Waals surface area contributed by atoms with Gasteiger partial charge in [-0.3, -0.25) is 0 Å². The van der Waals surface area contributed by atoms with Crippen LogP contribution in [0.4, 0.5) is 4.39 Å². The molecule has 6 heteroatoms. The Kier molecular flexibility index (Phi) is 3.65. The molecule has 4 rings (SSSR count). The van der Waals surface area contributed by atoms with Crippen LogP contribution in [-0.4, -0.2) is 9.97 Å². The Balaban J connectivity index is 1.82. The number of ether oxygens (including phenoxy) is 1. The summed E-state index contributed by atoms with van der Waals surface area (Å²) in [6.45, 7) is 1.97. The van der Waals surface area contributed by atoms with Crippen LogP contribution in [0, 0.1) is 5.82 Å². The van der Waals surface area contributed by atoms with Gasteiger partial charge in [-0.25, -0.2) is 19.2 Å². The molecule has 4 aromatic rings. The molecule has 2 aromatic heterocycles. The Bertz CT molecular complexity index is 1150. The summed E-state index contributed by atoms with van der Waals surface area (Å²) in [5, 5.41) is 1.32. The molecule has 0 saturated heterocycles. The van der Waals surface area contributed by atoms with Gasteiger partial charge in [-0.2, -0.15) is 0 Å². The molecule has 25 heavy (non-hydrogen) atoms. The molecule has 0 spiro atoms. The van der Waals surface area contributed by atoms with E-state index in [0.717, 1.165) is 17.4 Å². The molecule has 0 atom stereocenters. The number of rotatable bonds is 3. The zero-order valence-corrected chi connectivity index (χ0v) is 13.3. The highest BCUT2D eigenvalue weighted by Crippen LogP contribution is 2.30. The predicted octanol–water partition coefficient (Wildman–Crippen LogP) is 4.23. The van der Waals surface area contributed by atoms with Crippen molar-refractivity contribution in [2.24, 2.45) is 0 Å². The van der Waals surface area contributed by atoms with Gasteiger partial charge in [0.2, 0.25) is 5.88 Å². The van der Waals surface area contributed by atoms with Crippen molar-refractivity contribution < 1.29 is 13.5 Å². The molecule has 0 radical (unpaired) electrons. The van der Waals surface area contributed by atoms with Crippen molar-refractivity contribution >= 4 is 21.9 Å². The van der Waals surface area contributed by atoms with Crippen molar-refractivity contribution in [1.82, 2.24) is 9.97 Å². The van der Waals surface area contributed by atoms with Gasteiger partial charge in [0.05, 0.1) is 5.39 Å². The van der Waals surface area contributed by atoms with E-state index in [0.29, 0.717) is 16.7 Å². The van der Waals surface area contributed by atoms with E-state index in [1.807, 2.05) is 13.0 Å². The van der Waals surface area contributed by atoms with Crippen LogP contribution < -0.4 is 10.4 Å². The molecule has 5 nitrogen and oxygen atoms in total. The minimum atomic E-state index is -0.443. The summed E-state index contributed by atoms with van der Waals surface area (Å²) < 4.78 is 24.9. The number of halogens is 1. The quantitative estimate of drug-likeness (QED) is 0.524. The molecule has 0 aliphatic heterocycles. The zero-order chi connectivity index (χ0) is 17.4. The molecule has 0 unspecified atom stereocenters. The molecule has 0 aliphatic rings. The van der Waals surface area contributed by atoms with Gasteiger partial charge in [0, 0.05) is 17.5 Å². The summed E-state index contributed by atoms with van der Waals surface area (Å²) in [5.74, 6) is 0.229. The minimum Gasteiger partial charge on any atom is -0.438 e. The molecular formula is C19H13FN2O3. The number of hydrogen-bond donors (Lipinski definition) is 0. The fraction of sp³-hybridized carbons (Fsp3) is 0.105. The molecule has 0 saturated carbocycles. The first kappa shape index (κ1) is 15.3. The van der Waals surface area contributed by atoms with Gasteiger partial charge in [0.1, 0.15) is 29.0 Å². The van der Waals surface area contributed by atoms with E-state index < -0.39 is 11.4 Å². The number of nitrogens with zero attached hydrogens (tertiary/aromatic N) is 2. The van der Waals surface area contributed by atoms with Crippen LogP contribution in [0.3, 0.4) is 0 Å². The van der Waals surface area contributed by atoms with E-state index >= 15 is 0 Å². The summed E-state index contributed by atoms with van der Waals surface area (Å²) >= 11 is 0. The first-order valence-electron chi connectivity index (χ1n) is 7.79. The maximum Gasteiger partial charge on any atom is 0.336 e. The number of para-hydroxylation sites is 1. The van der Waals surface area contributed by atoms with Crippen LogP contribution in [0.2, 0.25) is 0 Å². The maximum absolute atomic E-state index is 13.8. The summed E-state index contributed by atoms with van der Waals surface area (Å²) in [6, 6.07) is 11.3. The van der Waals surface area contributed by atoms with E-state index in [2.05, 4.69) is 9.97 Å². The highest BCUT2D eigenvalue weighted by atomic mass is 19.1. The van der Waals surface area contributed by atoms with Crippen LogP contribution >= 0.6 is 0 Å². The first-order valence-corrected chi connectivity index (χ1v) is 7.79. The van der Waals surface area contributed by atoms with Crippen molar-refractivity contribution in [3.63, 3.8) is 0 Å². The predicted molar refractivity (Wildman–Crippen MR) is 91.4 cm³/mol. The molecule has 0 fully saturated rings. The summed E-state index contributed by atoms with van der Waals surface area (Å²) in [7, 11) is 0. The van der Waals surface area contributed by atoms with Crippen molar-refractivity contribution in [2.75, 3.05) is 0 Å². The normalized spacial score (nSPS) is 11.1. The van der Waals surface area contributed by atoms with Crippen LogP contribution in [0.1, 0.15) is 12.5 Å². The second-order valence-corrected chi connectivity index (χ2v) is 5.52. The van der Waals surface area contributed by atoms with Gasteiger partial charge in [-0.15, -0.1) is 0 Å². The lowest BCUT2D eigenvalue weighted by Gasteiger charge is -2.09. The number of aromatic nitrogens is 2. The van der Waals surface area contributed by atoms with Crippen LogP contribution in [0.5, 0.6) is 11.6 Å². The summed E-state index contributed by atoms with van der Waals surface area (Å²) in [5.41, 5.74) is 1.13. The lowest BCUT2D eigenvalue weighted by Crippen LogP contribution is -2.00. The van der Waals surface area contributed by atoms with Gasteiger partial charge >= 0.3 is 5.63 Å². The third kappa shape index (κ3) is 2.71. The van der Waals surface area contributed by atoms with Gasteiger partial charge in [-0.1, -0.05) is 13.0 Å². The van der Waals surface area contributed by atoms with Crippen LogP contribution in [0.25, 0.3) is 21.9 Å². The average Bonchev–Trinajstić information content (AvgIpc) is 2.61. The van der Waals surface area contributed by atoms with Crippen molar-refractivity contribution in [3.05, 3.63) is 70.6 Å². The molecular weight excluding hydrogens is 323 g/mol. The van der Waals surface area contributed by atoms with E-state index in [-0.39, 0.29) is 11.4 Å². The van der Waals surface area contributed by atoms with Gasteiger partial charge in [0.15, 0.2) is 0 Å². The van der Waals surface area contributed by atoms with Crippen molar-refractivity contribution in [1.29, 1.82) is 0 Å². The molecule has 0 aliphatic carbocycles. The van der Waals surface area contributed by atoms with E-state index in [4.69, 9.17) is 9.15 Å².